The Labute approximate surface area is 110 Å². The van der Waals surface area contributed by atoms with E-state index in [1.165, 1.54) is 6.07 Å². The Morgan fingerprint density at radius 2 is 2.05 bits per heavy atom. The van der Waals surface area contributed by atoms with Crippen LogP contribution in [0.1, 0.15) is 24.8 Å². The van der Waals surface area contributed by atoms with Crippen LogP contribution >= 0.6 is 0 Å². The number of carbonyl (C=O) groups is 1. The van der Waals surface area contributed by atoms with Gasteiger partial charge in [0.2, 0.25) is 6.10 Å². The van der Waals surface area contributed by atoms with Crippen molar-refractivity contribution in [1.82, 2.24) is 4.90 Å². The number of rotatable bonds is 2. The smallest absolute Gasteiger partial charge is 0.266 e. The van der Waals surface area contributed by atoms with Gasteiger partial charge in [-0.05, 0) is 18.9 Å². The molecule has 2 aliphatic rings. The molecule has 0 bridgehead atoms. The van der Waals surface area contributed by atoms with Crippen molar-refractivity contribution in [2.75, 3.05) is 13.1 Å². The monoisotopic (exact) mass is 262 g/mol. The highest BCUT2D eigenvalue weighted by Crippen LogP contribution is 2.21. The molecule has 5 heteroatoms. The second kappa shape index (κ2) is 4.99. The summed E-state index contributed by atoms with van der Waals surface area (Å²) in [6.45, 7) is 1.57. The molecule has 0 radical (unpaired) electrons. The molecule has 1 amide bonds. The molecule has 0 spiro atoms. The largest absolute Gasteiger partial charge is 0.382 e. The van der Waals surface area contributed by atoms with E-state index in [4.69, 9.17) is 4.84 Å². The molecule has 0 unspecified atom stereocenters. The molecule has 1 fully saturated rings. The lowest BCUT2D eigenvalue weighted by Gasteiger charge is -2.18. The number of hydrogen-bond acceptors (Lipinski definition) is 3. The lowest BCUT2D eigenvalue weighted by atomic mass is 10.0. The average molecular weight is 262 g/mol. The zero-order valence-electron chi connectivity index (χ0n) is 10.5. The first-order chi connectivity index (χ1) is 9.25. The molecular weight excluding hydrogens is 247 g/mol. The molecule has 2 aliphatic heterocycles. The average Bonchev–Trinajstić information content (AvgIpc) is 3.10. The first kappa shape index (κ1) is 12.1. The third-order valence-electron chi connectivity index (χ3n) is 3.55. The maximum absolute atomic E-state index is 13.6. The van der Waals surface area contributed by atoms with Gasteiger partial charge < -0.3 is 9.74 Å². The molecule has 1 aromatic rings. The van der Waals surface area contributed by atoms with Crippen LogP contribution in [0.3, 0.4) is 0 Å². The summed E-state index contributed by atoms with van der Waals surface area (Å²) in [5.41, 5.74) is 0.926. The number of oxime groups is 1. The highest BCUT2D eigenvalue weighted by Gasteiger charge is 2.33. The molecule has 1 saturated heterocycles. The Bertz CT molecular complexity index is 524. The van der Waals surface area contributed by atoms with Crippen molar-refractivity contribution in [1.29, 1.82) is 0 Å². The fraction of sp³-hybridized carbons (Fsp3) is 0.429. The molecule has 1 aromatic carbocycles. The molecular formula is C14H15FN2O2. The van der Waals surface area contributed by atoms with Crippen molar-refractivity contribution in [3.8, 4) is 0 Å². The van der Waals surface area contributed by atoms with Crippen LogP contribution in [-0.2, 0) is 9.63 Å². The van der Waals surface area contributed by atoms with Crippen LogP contribution in [0.25, 0.3) is 0 Å². The fourth-order valence-corrected chi connectivity index (χ4v) is 2.51. The topological polar surface area (TPSA) is 41.9 Å². The van der Waals surface area contributed by atoms with E-state index in [9.17, 15) is 9.18 Å². The summed E-state index contributed by atoms with van der Waals surface area (Å²) in [7, 11) is 0. The summed E-state index contributed by atoms with van der Waals surface area (Å²) in [4.78, 5) is 19.1. The SMILES string of the molecule is O=C([C@@H]1CC(c2ccccc2F)=NO1)N1CCCC1. The van der Waals surface area contributed by atoms with Gasteiger partial charge in [-0.2, -0.15) is 0 Å². The Morgan fingerprint density at radius 3 is 2.79 bits per heavy atom. The van der Waals surface area contributed by atoms with Crippen LogP contribution < -0.4 is 0 Å². The van der Waals surface area contributed by atoms with Gasteiger partial charge in [0.25, 0.3) is 5.91 Å². The van der Waals surface area contributed by atoms with Crippen molar-refractivity contribution in [3.05, 3.63) is 35.6 Å². The lowest BCUT2D eigenvalue weighted by molar-refractivity contribution is -0.140. The molecule has 3 rings (SSSR count). The van der Waals surface area contributed by atoms with Crippen LogP contribution in [0.15, 0.2) is 29.4 Å². The van der Waals surface area contributed by atoms with E-state index >= 15 is 0 Å². The predicted molar refractivity (Wildman–Crippen MR) is 68.2 cm³/mol. The van der Waals surface area contributed by atoms with Crippen molar-refractivity contribution < 1.29 is 14.0 Å². The minimum atomic E-state index is -0.590. The summed E-state index contributed by atoms with van der Waals surface area (Å²) in [5, 5.41) is 3.87. The van der Waals surface area contributed by atoms with Gasteiger partial charge in [-0.25, -0.2) is 4.39 Å². The molecule has 19 heavy (non-hydrogen) atoms. The van der Waals surface area contributed by atoms with E-state index < -0.39 is 6.10 Å². The second-order valence-corrected chi connectivity index (χ2v) is 4.85. The Morgan fingerprint density at radius 1 is 1.32 bits per heavy atom. The van der Waals surface area contributed by atoms with E-state index in [0.717, 1.165) is 25.9 Å². The highest BCUT2D eigenvalue weighted by atomic mass is 19.1. The number of carbonyl (C=O) groups excluding carboxylic acids is 1. The van der Waals surface area contributed by atoms with Crippen molar-refractivity contribution in [2.24, 2.45) is 5.16 Å². The zero-order chi connectivity index (χ0) is 13.2. The summed E-state index contributed by atoms with van der Waals surface area (Å²) in [6, 6.07) is 6.41. The Balaban J connectivity index is 1.69. The van der Waals surface area contributed by atoms with Gasteiger partial charge in [0.1, 0.15) is 5.82 Å². The summed E-state index contributed by atoms with van der Waals surface area (Å²) < 4.78 is 13.6. The number of hydrogen-bond donors (Lipinski definition) is 0. The van der Waals surface area contributed by atoms with Crippen LogP contribution in [-0.4, -0.2) is 35.7 Å². The van der Waals surface area contributed by atoms with Gasteiger partial charge in [0, 0.05) is 25.1 Å². The minimum Gasteiger partial charge on any atom is -0.382 e. The van der Waals surface area contributed by atoms with Crippen molar-refractivity contribution in [2.45, 2.75) is 25.4 Å². The molecule has 100 valence electrons. The van der Waals surface area contributed by atoms with E-state index in [0.29, 0.717) is 17.7 Å². The van der Waals surface area contributed by atoms with E-state index in [-0.39, 0.29) is 11.7 Å². The zero-order valence-corrected chi connectivity index (χ0v) is 10.5. The summed E-state index contributed by atoms with van der Waals surface area (Å²) in [6.07, 6.45) is 1.84. The molecule has 0 aromatic heterocycles. The Kier molecular flexibility index (Phi) is 3.19. The molecule has 0 N–H and O–H groups in total. The quantitative estimate of drug-likeness (QED) is 0.817. The third-order valence-corrected chi connectivity index (χ3v) is 3.55. The van der Waals surface area contributed by atoms with E-state index in [2.05, 4.69) is 5.16 Å². The van der Waals surface area contributed by atoms with Gasteiger partial charge in [0.05, 0.1) is 5.71 Å². The molecule has 0 saturated carbocycles. The third kappa shape index (κ3) is 2.32. The maximum Gasteiger partial charge on any atom is 0.266 e. The standard InChI is InChI=1S/C14H15FN2O2/c15-11-6-2-1-5-10(11)12-9-13(19-16-12)14(18)17-7-3-4-8-17/h1-2,5-6,13H,3-4,7-9H2/t13-/m0/s1. The first-order valence-corrected chi connectivity index (χ1v) is 6.52. The molecule has 2 heterocycles. The van der Waals surface area contributed by atoms with Crippen molar-refractivity contribution >= 4 is 11.6 Å². The lowest BCUT2D eigenvalue weighted by Crippen LogP contribution is -2.37. The van der Waals surface area contributed by atoms with Crippen LogP contribution in [0.5, 0.6) is 0 Å². The Hall–Kier alpha value is -1.91. The second-order valence-electron chi connectivity index (χ2n) is 4.85. The normalized spacial score (nSPS) is 22.3. The summed E-state index contributed by atoms with van der Waals surface area (Å²) in [5.74, 6) is -0.369. The van der Waals surface area contributed by atoms with Gasteiger partial charge in [-0.1, -0.05) is 23.4 Å². The van der Waals surface area contributed by atoms with Gasteiger partial charge in [-0.3, -0.25) is 4.79 Å². The van der Waals surface area contributed by atoms with E-state index in [1.54, 1.807) is 23.1 Å². The number of nitrogens with zero attached hydrogens (tertiary/aromatic N) is 2. The van der Waals surface area contributed by atoms with Crippen LogP contribution in [0.4, 0.5) is 4.39 Å². The van der Waals surface area contributed by atoms with Gasteiger partial charge >= 0.3 is 0 Å². The number of amides is 1. The van der Waals surface area contributed by atoms with Crippen LogP contribution in [0, 0.1) is 5.82 Å². The molecule has 1 atom stereocenters. The number of likely N-dealkylation sites (tertiary alicyclic amines) is 1. The maximum atomic E-state index is 13.6. The molecule has 4 nitrogen and oxygen atoms in total. The van der Waals surface area contributed by atoms with Gasteiger partial charge in [0.15, 0.2) is 0 Å². The van der Waals surface area contributed by atoms with Crippen LogP contribution in [0.2, 0.25) is 0 Å². The number of halogens is 1. The van der Waals surface area contributed by atoms with E-state index in [1.807, 2.05) is 0 Å². The highest BCUT2D eigenvalue weighted by molar-refractivity contribution is 6.04. The first-order valence-electron chi connectivity index (χ1n) is 6.52. The fourth-order valence-electron chi connectivity index (χ4n) is 2.51. The van der Waals surface area contributed by atoms with Gasteiger partial charge in [-0.15, -0.1) is 0 Å². The number of benzene rings is 1. The predicted octanol–water partition coefficient (Wildman–Crippen LogP) is 1.94. The van der Waals surface area contributed by atoms with Crippen molar-refractivity contribution in [3.63, 3.8) is 0 Å². The minimum absolute atomic E-state index is 0.0346. The molecule has 0 aliphatic carbocycles. The summed E-state index contributed by atoms with van der Waals surface area (Å²) >= 11 is 0.